The number of hydrogen-bond donors (Lipinski definition) is 1. The predicted octanol–water partition coefficient (Wildman–Crippen LogP) is 3.34. The van der Waals surface area contributed by atoms with Gasteiger partial charge in [0.15, 0.2) is 0 Å². The highest BCUT2D eigenvalue weighted by atomic mass is 35.5. The molecule has 0 aliphatic carbocycles. The minimum atomic E-state index is -0.834. The van der Waals surface area contributed by atoms with Crippen molar-refractivity contribution in [3.63, 3.8) is 0 Å². The maximum absolute atomic E-state index is 12.8. The molecule has 2 aromatic carbocycles. The Morgan fingerprint density at radius 2 is 1.83 bits per heavy atom. The zero-order valence-electron chi connectivity index (χ0n) is 12.4. The van der Waals surface area contributed by atoms with Gasteiger partial charge in [-0.3, -0.25) is 4.79 Å². The molecule has 0 unspecified atom stereocenters. The summed E-state index contributed by atoms with van der Waals surface area (Å²) in [6.45, 7) is 1.52. The summed E-state index contributed by atoms with van der Waals surface area (Å²) >= 11 is 5.93. The van der Waals surface area contributed by atoms with E-state index < -0.39 is 17.9 Å². The SMILES string of the molecule is C[C@@H](NC(=O)c1ccccc1Cl)C(=O)OCc1ccc(F)cc1. The summed E-state index contributed by atoms with van der Waals surface area (Å²) in [4.78, 5) is 23.9. The lowest BCUT2D eigenvalue weighted by Crippen LogP contribution is -2.39. The molecule has 0 fully saturated rings. The molecule has 0 bridgehead atoms. The van der Waals surface area contributed by atoms with Crippen LogP contribution in [0.4, 0.5) is 4.39 Å². The minimum absolute atomic E-state index is 0.00537. The second-order valence-corrected chi connectivity index (χ2v) is 5.32. The van der Waals surface area contributed by atoms with Gasteiger partial charge >= 0.3 is 5.97 Å². The van der Waals surface area contributed by atoms with Crippen LogP contribution in [0.2, 0.25) is 5.02 Å². The van der Waals surface area contributed by atoms with Crippen molar-refractivity contribution in [2.24, 2.45) is 0 Å². The van der Waals surface area contributed by atoms with E-state index in [2.05, 4.69) is 5.32 Å². The molecule has 0 aliphatic rings. The number of benzene rings is 2. The second-order valence-electron chi connectivity index (χ2n) is 4.91. The van der Waals surface area contributed by atoms with Crippen molar-refractivity contribution in [2.45, 2.75) is 19.6 Å². The fourth-order valence-electron chi connectivity index (χ4n) is 1.84. The molecule has 4 nitrogen and oxygen atoms in total. The lowest BCUT2D eigenvalue weighted by atomic mass is 10.2. The molecule has 0 aliphatic heterocycles. The number of amides is 1. The van der Waals surface area contributed by atoms with Gasteiger partial charge in [0.25, 0.3) is 5.91 Å². The molecule has 0 saturated heterocycles. The summed E-state index contributed by atoms with van der Waals surface area (Å²) < 4.78 is 17.9. The molecular weight excluding hydrogens is 321 g/mol. The van der Waals surface area contributed by atoms with Crippen molar-refractivity contribution in [3.8, 4) is 0 Å². The summed E-state index contributed by atoms with van der Waals surface area (Å²) in [5.74, 6) is -1.41. The number of carbonyl (C=O) groups is 2. The molecule has 2 rings (SSSR count). The minimum Gasteiger partial charge on any atom is -0.459 e. The molecule has 0 heterocycles. The number of hydrogen-bond acceptors (Lipinski definition) is 3. The Balaban J connectivity index is 1.88. The summed E-state index contributed by atoms with van der Waals surface area (Å²) in [5.41, 5.74) is 0.941. The first-order valence-corrected chi connectivity index (χ1v) is 7.31. The van der Waals surface area contributed by atoms with E-state index in [0.29, 0.717) is 10.6 Å². The van der Waals surface area contributed by atoms with Gasteiger partial charge in [-0.15, -0.1) is 0 Å². The zero-order chi connectivity index (χ0) is 16.8. The largest absolute Gasteiger partial charge is 0.459 e. The molecule has 0 spiro atoms. The van der Waals surface area contributed by atoms with E-state index in [1.165, 1.54) is 31.2 Å². The third kappa shape index (κ3) is 4.79. The van der Waals surface area contributed by atoms with Gasteiger partial charge in [-0.05, 0) is 36.8 Å². The smallest absolute Gasteiger partial charge is 0.328 e. The van der Waals surface area contributed by atoms with Gasteiger partial charge in [0.05, 0.1) is 10.6 Å². The summed E-state index contributed by atoms with van der Waals surface area (Å²) in [6, 6.07) is 11.3. The van der Waals surface area contributed by atoms with Gasteiger partial charge in [0, 0.05) is 0 Å². The maximum Gasteiger partial charge on any atom is 0.328 e. The second kappa shape index (κ2) is 7.74. The van der Waals surface area contributed by atoms with Crippen LogP contribution in [0.5, 0.6) is 0 Å². The number of nitrogens with one attached hydrogen (secondary N) is 1. The van der Waals surface area contributed by atoms with Crippen LogP contribution in [0, 0.1) is 5.82 Å². The van der Waals surface area contributed by atoms with E-state index in [1.54, 1.807) is 24.3 Å². The molecule has 2 aromatic rings. The van der Waals surface area contributed by atoms with Crippen LogP contribution in [0.15, 0.2) is 48.5 Å². The molecule has 0 radical (unpaired) electrons. The normalized spacial score (nSPS) is 11.6. The van der Waals surface area contributed by atoms with Crippen molar-refractivity contribution in [2.75, 3.05) is 0 Å². The quantitative estimate of drug-likeness (QED) is 0.853. The van der Waals surface area contributed by atoms with Crippen molar-refractivity contribution >= 4 is 23.5 Å². The number of esters is 1. The van der Waals surface area contributed by atoms with Crippen LogP contribution >= 0.6 is 11.6 Å². The van der Waals surface area contributed by atoms with Crippen LogP contribution in [-0.4, -0.2) is 17.9 Å². The standard InChI is InChI=1S/C17H15ClFNO3/c1-11(20-16(21)14-4-2-3-5-15(14)18)17(22)23-10-12-6-8-13(19)9-7-12/h2-9,11H,10H2,1H3,(H,20,21)/t11-/m1/s1. The fraction of sp³-hybridized carbons (Fsp3) is 0.176. The van der Waals surface area contributed by atoms with E-state index in [4.69, 9.17) is 16.3 Å². The predicted molar refractivity (Wildman–Crippen MR) is 84.6 cm³/mol. The van der Waals surface area contributed by atoms with Gasteiger partial charge in [-0.2, -0.15) is 0 Å². The molecule has 1 amide bonds. The number of carbonyl (C=O) groups excluding carboxylic acids is 2. The van der Waals surface area contributed by atoms with Gasteiger partial charge in [0.1, 0.15) is 18.5 Å². The van der Waals surface area contributed by atoms with E-state index in [-0.39, 0.29) is 18.0 Å². The first-order valence-electron chi connectivity index (χ1n) is 6.94. The number of halogens is 2. The average Bonchev–Trinajstić information content (AvgIpc) is 2.54. The Morgan fingerprint density at radius 1 is 1.17 bits per heavy atom. The van der Waals surface area contributed by atoms with Crippen LogP contribution in [-0.2, 0) is 16.1 Å². The van der Waals surface area contributed by atoms with E-state index >= 15 is 0 Å². The molecule has 120 valence electrons. The molecule has 1 atom stereocenters. The highest BCUT2D eigenvalue weighted by Gasteiger charge is 2.19. The summed E-state index contributed by atoms with van der Waals surface area (Å²) in [5, 5.41) is 2.83. The summed E-state index contributed by atoms with van der Waals surface area (Å²) in [6.07, 6.45) is 0. The Kier molecular flexibility index (Phi) is 5.71. The van der Waals surface area contributed by atoms with Crippen LogP contribution in [0.25, 0.3) is 0 Å². The van der Waals surface area contributed by atoms with Gasteiger partial charge in [-0.25, -0.2) is 9.18 Å². The first-order chi connectivity index (χ1) is 11.0. The Bertz CT molecular complexity index is 703. The highest BCUT2D eigenvalue weighted by molar-refractivity contribution is 6.33. The summed E-state index contributed by atoms with van der Waals surface area (Å²) in [7, 11) is 0. The highest BCUT2D eigenvalue weighted by Crippen LogP contribution is 2.14. The van der Waals surface area contributed by atoms with E-state index in [0.717, 1.165) is 0 Å². The van der Waals surface area contributed by atoms with Gasteiger partial charge in [-0.1, -0.05) is 35.9 Å². The van der Waals surface area contributed by atoms with Crippen molar-refractivity contribution in [3.05, 3.63) is 70.5 Å². The fourth-order valence-corrected chi connectivity index (χ4v) is 2.06. The maximum atomic E-state index is 12.8. The molecule has 1 N–H and O–H groups in total. The number of rotatable bonds is 5. The number of ether oxygens (including phenoxy) is 1. The van der Waals surface area contributed by atoms with Crippen LogP contribution in [0.3, 0.4) is 0 Å². The molecule has 6 heteroatoms. The Hall–Kier alpha value is -2.40. The molecule has 23 heavy (non-hydrogen) atoms. The third-order valence-electron chi connectivity index (χ3n) is 3.11. The molecule has 0 aromatic heterocycles. The monoisotopic (exact) mass is 335 g/mol. The van der Waals surface area contributed by atoms with E-state index in [1.807, 2.05) is 0 Å². The topological polar surface area (TPSA) is 55.4 Å². The average molecular weight is 336 g/mol. The molecular formula is C17H15ClFNO3. The zero-order valence-corrected chi connectivity index (χ0v) is 13.1. The van der Waals surface area contributed by atoms with Crippen LogP contribution in [0.1, 0.15) is 22.8 Å². The van der Waals surface area contributed by atoms with Gasteiger partial charge < -0.3 is 10.1 Å². The van der Waals surface area contributed by atoms with Crippen molar-refractivity contribution in [1.29, 1.82) is 0 Å². The van der Waals surface area contributed by atoms with Crippen molar-refractivity contribution in [1.82, 2.24) is 5.32 Å². The Labute approximate surface area is 138 Å². The third-order valence-corrected chi connectivity index (χ3v) is 3.44. The molecule has 0 saturated carbocycles. The van der Waals surface area contributed by atoms with Gasteiger partial charge in [0.2, 0.25) is 0 Å². The van der Waals surface area contributed by atoms with Crippen molar-refractivity contribution < 1.29 is 18.7 Å². The Morgan fingerprint density at radius 3 is 2.48 bits per heavy atom. The van der Waals surface area contributed by atoms with Crippen LogP contribution < -0.4 is 5.32 Å². The first kappa shape index (κ1) is 17.0. The lowest BCUT2D eigenvalue weighted by Gasteiger charge is -2.14. The van der Waals surface area contributed by atoms with E-state index in [9.17, 15) is 14.0 Å². The lowest BCUT2D eigenvalue weighted by molar-refractivity contribution is -0.146.